The summed E-state index contributed by atoms with van der Waals surface area (Å²) in [5.41, 5.74) is 8.24. The molecule has 45 heavy (non-hydrogen) atoms. The van der Waals surface area contributed by atoms with Crippen LogP contribution < -0.4 is 11.1 Å². The first kappa shape index (κ1) is 36.4. The summed E-state index contributed by atoms with van der Waals surface area (Å²) in [7, 11) is -9.07. The standard InChI is InChI=1S/C28H22N6O7S2.2Na/c1-16(35)30-17-2-4-18(5-3-17)31-32-26-12-13-28(24-15-20(43(39,40)41)7-9-22(24)26)34-33-27-11-10-25(29)21-8-6-19(14-23(21)27)42(36,37)38;;/h2-15H,29H2,1H3,(H,30,35)(H,36,37,38)(H,39,40,41);;. The third-order valence-corrected chi connectivity index (χ3v) is 7.96. The molecular formula is C28H22N6Na2O7S2. The zero-order valence-electron chi connectivity index (χ0n) is 24.2. The summed E-state index contributed by atoms with van der Waals surface area (Å²) in [6.45, 7) is 1.40. The number of nitrogens with two attached hydrogens (primary N) is 1. The van der Waals surface area contributed by atoms with Crippen LogP contribution >= 0.6 is 0 Å². The van der Waals surface area contributed by atoms with Gasteiger partial charge in [0, 0.05) is 99.0 Å². The fourth-order valence-electron chi connectivity index (χ4n) is 4.25. The van der Waals surface area contributed by atoms with Crippen molar-refractivity contribution in [1.82, 2.24) is 0 Å². The van der Waals surface area contributed by atoms with Crippen LogP contribution in [0.2, 0.25) is 0 Å². The molecule has 0 fully saturated rings. The molecule has 5 aromatic rings. The molecule has 0 spiro atoms. The second-order valence-electron chi connectivity index (χ2n) is 9.27. The Morgan fingerprint density at radius 2 is 1.07 bits per heavy atom. The van der Waals surface area contributed by atoms with Crippen molar-refractivity contribution in [3.05, 3.63) is 84.9 Å². The first-order chi connectivity index (χ1) is 20.3. The van der Waals surface area contributed by atoms with E-state index in [1.165, 1.54) is 55.5 Å². The third-order valence-electron chi connectivity index (χ3n) is 6.26. The third kappa shape index (κ3) is 8.59. The Morgan fingerprint density at radius 3 is 1.58 bits per heavy atom. The minimum absolute atomic E-state index is 0. The predicted octanol–water partition coefficient (Wildman–Crippen LogP) is 6.10. The van der Waals surface area contributed by atoms with Gasteiger partial charge in [-0.15, -0.1) is 15.3 Å². The Bertz CT molecular complexity index is 2210. The van der Waals surface area contributed by atoms with Gasteiger partial charge in [0.05, 0.1) is 32.5 Å². The molecule has 2 radical (unpaired) electrons. The van der Waals surface area contributed by atoms with Crippen molar-refractivity contribution in [1.29, 1.82) is 0 Å². The van der Waals surface area contributed by atoms with Crippen molar-refractivity contribution in [2.45, 2.75) is 16.7 Å². The number of benzene rings is 5. The SMILES string of the molecule is CC(=O)Nc1ccc(N=Nc2ccc(N=Nc3ccc(N)c4ccc(S(=O)(=O)O)cc34)c3cc(S(=O)(=O)O)ccc23)cc1.[Na].[Na]. The van der Waals surface area contributed by atoms with Crippen LogP contribution in [0.5, 0.6) is 0 Å². The molecule has 0 bridgehead atoms. The van der Waals surface area contributed by atoms with Gasteiger partial charge in [0.1, 0.15) is 0 Å². The van der Waals surface area contributed by atoms with Crippen molar-refractivity contribution in [2.24, 2.45) is 20.5 Å². The Hall–Kier alpha value is -3.09. The van der Waals surface area contributed by atoms with Gasteiger partial charge in [-0.3, -0.25) is 13.9 Å². The number of anilines is 2. The predicted molar refractivity (Wildman–Crippen MR) is 173 cm³/mol. The van der Waals surface area contributed by atoms with E-state index in [-0.39, 0.29) is 91.6 Å². The number of amides is 1. The van der Waals surface area contributed by atoms with E-state index in [9.17, 15) is 30.7 Å². The maximum Gasteiger partial charge on any atom is 0.294 e. The van der Waals surface area contributed by atoms with E-state index in [0.29, 0.717) is 38.9 Å². The number of nitrogen functional groups attached to an aromatic ring is 1. The van der Waals surface area contributed by atoms with Crippen molar-refractivity contribution in [3.8, 4) is 0 Å². The van der Waals surface area contributed by atoms with Crippen molar-refractivity contribution < 1.29 is 30.7 Å². The Kier molecular flexibility index (Phi) is 11.8. The van der Waals surface area contributed by atoms with Gasteiger partial charge in [0.2, 0.25) is 5.91 Å². The van der Waals surface area contributed by atoms with E-state index < -0.39 is 20.2 Å². The van der Waals surface area contributed by atoms with Crippen molar-refractivity contribution in [2.75, 3.05) is 11.1 Å². The van der Waals surface area contributed by atoms with Gasteiger partial charge in [-0.25, -0.2) is 0 Å². The molecule has 0 saturated heterocycles. The first-order valence-electron chi connectivity index (χ1n) is 12.3. The largest absolute Gasteiger partial charge is 0.398 e. The number of fused-ring (bicyclic) bond motifs is 2. The van der Waals surface area contributed by atoms with Crippen LogP contribution in [0.15, 0.2) is 115 Å². The number of hydrogen-bond acceptors (Lipinski definition) is 10. The summed E-state index contributed by atoms with van der Waals surface area (Å²) in [6.07, 6.45) is 0. The van der Waals surface area contributed by atoms with E-state index in [1.54, 1.807) is 36.4 Å². The second kappa shape index (κ2) is 14.6. The molecule has 5 N–H and O–H groups in total. The van der Waals surface area contributed by atoms with Crippen molar-refractivity contribution >= 4 is 141 Å². The molecule has 13 nitrogen and oxygen atoms in total. The first-order valence-corrected chi connectivity index (χ1v) is 15.2. The van der Waals surface area contributed by atoms with E-state index in [1.807, 2.05) is 0 Å². The average molecular weight is 665 g/mol. The fourth-order valence-corrected chi connectivity index (χ4v) is 5.26. The van der Waals surface area contributed by atoms with Crippen molar-refractivity contribution in [3.63, 3.8) is 0 Å². The zero-order valence-corrected chi connectivity index (χ0v) is 29.8. The molecule has 0 aliphatic rings. The molecule has 0 aliphatic heterocycles. The Labute approximate surface area is 302 Å². The number of azo groups is 2. The number of rotatable bonds is 7. The molecule has 0 heterocycles. The molecule has 5 rings (SSSR count). The normalized spacial score (nSPS) is 11.9. The van der Waals surface area contributed by atoms with Gasteiger partial charge >= 0.3 is 0 Å². The van der Waals surface area contributed by atoms with Crippen LogP contribution in [0, 0.1) is 0 Å². The van der Waals surface area contributed by atoms with Crippen LogP contribution in [0.4, 0.5) is 34.1 Å². The average Bonchev–Trinajstić information content (AvgIpc) is 2.95. The summed E-state index contributed by atoms with van der Waals surface area (Å²) in [6, 6.07) is 20.6. The fraction of sp³-hybridized carbons (Fsp3) is 0.0357. The van der Waals surface area contributed by atoms with Gasteiger partial charge in [0.25, 0.3) is 20.2 Å². The van der Waals surface area contributed by atoms with Crippen LogP contribution in [0.3, 0.4) is 0 Å². The maximum atomic E-state index is 11.9. The molecule has 0 aromatic heterocycles. The number of carbonyl (C=O) groups is 1. The molecule has 1 amide bonds. The molecular weight excluding hydrogens is 642 g/mol. The van der Waals surface area contributed by atoms with Gasteiger partial charge in [-0.2, -0.15) is 21.9 Å². The van der Waals surface area contributed by atoms with E-state index in [0.717, 1.165) is 0 Å². The molecule has 0 aliphatic carbocycles. The minimum atomic E-state index is -4.56. The monoisotopic (exact) mass is 664 g/mol. The summed E-state index contributed by atoms with van der Waals surface area (Å²) in [5, 5.41) is 21.2. The summed E-state index contributed by atoms with van der Waals surface area (Å²) < 4.78 is 66.4. The van der Waals surface area contributed by atoms with E-state index in [2.05, 4.69) is 25.8 Å². The molecule has 0 atom stereocenters. The Morgan fingerprint density at radius 1 is 0.622 bits per heavy atom. The second-order valence-corrected chi connectivity index (χ2v) is 12.1. The number of nitrogens with zero attached hydrogens (tertiary/aromatic N) is 4. The van der Waals surface area contributed by atoms with Gasteiger partial charge < -0.3 is 11.1 Å². The van der Waals surface area contributed by atoms with Gasteiger partial charge in [0.15, 0.2) is 0 Å². The summed E-state index contributed by atoms with van der Waals surface area (Å²) in [5.74, 6) is -0.213. The van der Waals surface area contributed by atoms with Crippen LogP contribution in [0.25, 0.3) is 21.5 Å². The van der Waals surface area contributed by atoms with Gasteiger partial charge in [-0.1, -0.05) is 12.1 Å². The molecule has 0 saturated carbocycles. The molecule has 0 unspecified atom stereocenters. The number of hydrogen-bond donors (Lipinski definition) is 4. The van der Waals surface area contributed by atoms with Crippen LogP contribution in [-0.2, 0) is 25.0 Å². The number of nitrogens with one attached hydrogen (secondary N) is 1. The van der Waals surface area contributed by atoms with E-state index >= 15 is 0 Å². The summed E-state index contributed by atoms with van der Waals surface area (Å²) in [4.78, 5) is 10.5. The molecule has 17 heteroatoms. The smallest absolute Gasteiger partial charge is 0.294 e. The van der Waals surface area contributed by atoms with E-state index in [4.69, 9.17) is 5.73 Å². The zero-order chi connectivity index (χ0) is 30.9. The minimum Gasteiger partial charge on any atom is -0.398 e. The summed E-state index contributed by atoms with van der Waals surface area (Å²) >= 11 is 0. The molecule has 5 aromatic carbocycles. The van der Waals surface area contributed by atoms with Gasteiger partial charge in [-0.05, 0) is 72.8 Å². The Balaban J connectivity index is 0.00000276. The molecule has 220 valence electrons. The topological polar surface area (TPSA) is 213 Å². The quantitative estimate of drug-likeness (QED) is 0.0689. The van der Waals surface area contributed by atoms with Crippen LogP contribution in [-0.4, -0.2) is 91.0 Å². The maximum absolute atomic E-state index is 11.9. The van der Waals surface area contributed by atoms with Crippen LogP contribution in [0.1, 0.15) is 6.92 Å². The number of carbonyl (C=O) groups excluding carboxylic acids is 1.